The smallest absolute Gasteiger partial charge is 0.257 e. The number of amides is 2. The first-order chi connectivity index (χ1) is 12.1. The molecule has 0 aromatic heterocycles. The van der Waals surface area contributed by atoms with Gasteiger partial charge in [-0.1, -0.05) is 6.92 Å². The summed E-state index contributed by atoms with van der Waals surface area (Å²) in [6, 6.07) is 5.23. The van der Waals surface area contributed by atoms with Crippen molar-refractivity contribution in [3.63, 3.8) is 0 Å². The number of likely N-dealkylation sites (tertiary alicyclic amines) is 1. The van der Waals surface area contributed by atoms with Gasteiger partial charge in [0, 0.05) is 32.1 Å². The van der Waals surface area contributed by atoms with E-state index >= 15 is 0 Å². The zero-order chi connectivity index (χ0) is 18.2. The van der Waals surface area contributed by atoms with Crippen molar-refractivity contribution in [1.29, 1.82) is 0 Å². The first-order valence-electron chi connectivity index (χ1n) is 8.87. The number of nitrogens with one attached hydrogen (secondary N) is 1. The molecule has 1 fully saturated rings. The third-order valence-corrected chi connectivity index (χ3v) is 4.51. The molecule has 1 atom stereocenters. The summed E-state index contributed by atoms with van der Waals surface area (Å²) in [6.45, 7) is 4.00. The van der Waals surface area contributed by atoms with Gasteiger partial charge in [-0.2, -0.15) is 0 Å². The summed E-state index contributed by atoms with van der Waals surface area (Å²) >= 11 is 0. The number of ether oxygens (including phenoxy) is 2. The van der Waals surface area contributed by atoms with Crippen LogP contribution < -0.4 is 14.8 Å². The number of carbonyl (C=O) groups excluding carboxylic acids is 2. The van der Waals surface area contributed by atoms with Crippen LogP contribution in [0.4, 0.5) is 0 Å². The maximum absolute atomic E-state index is 12.9. The summed E-state index contributed by atoms with van der Waals surface area (Å²) in [5.74, 6) is 1.51. The van der Waals surface area contributed by atoms with Gasteiger partial charge in [0.2, 0.25) is 5.91 Å². The molecule has 138 valence electrons. The molecule has 0 unspecified atom stereocenters. The van der Waals surface area contributed by atoms with Crippen LogP contribution in [0.5, 0.6) is 11.5 Å². The Labute approximate surface area is 149 Å². The van der Waals surface area contributed by atoms with Crippen molar-refractivity contribution in [2.75, 3.05) is 33.9 Å². The fourth-order valence-corrected chi connectivity index (χ4v) is 3.14. The summed E-state index contributed by atoms with van der Waals surface area (Å²) in [7, 11) is 3.13. The van der Waals surface area contributed by atoms with Crippen LogP contribution >= 0.6 is 0 Å². The number of benzene rings is 1. The molecule has 2 amide bonds. The molecule has 1 heterocycles. The molecule has 0 radical (unpaired) electrons. The summed E-state index contributed by atoms with van der Waals surface area (Å²) < 4.78 is 10.5. The van der Waals surface area contributed by atoms with Crippen molar-refractivity contribution < 1.29 is 19.1 Å². The van der Waals surface area contributed by atoms with Gasteiger partial charge in [0.25, 0.3) is 5.91 Å². The van der Waals surface area contributed by atoms with Crippen LogP contribution in [-0.2, 0) is 4.79 Å². The summed E-state index contributed by atoms with van der Waals surface area (Å²) in [5, 5.41) is 2.97. The second kappa shape index (κ2) is 9.30. The Morgan fingerprint density at radius 1 is 1.28 bits per heavy atom. The third-order valence-electron chi connectivity index (χ3n) is 4.51. The molecule has 6 nitrogen and oxygen atoms in total. The van der Waals surface area contributed by atoms with Gasteiger partial charge in [0.1, 0.15) is 11.5 Å². The SMILES string of the molecule is CCCC(=O)NC[C@H]1CCCN(C(=O)c2ccc(OC)cc2OC)C1. The van der Waals surface area contributed by atoms with E-state index in [-0.39, 0.29) is 11.8 Å². The molecule has 1 aromatic rings. The van der Waals surface area contributed by atoms with Gasteiger partial charge >= 0.3 is 0 Å². The molecule has 1 aromatic carbocycles. The van der Waals surface area contributed by atoms with Crippen molar-refractivity contribution in [3.8, 4) is 11.5 Å². The molecule has 0 aliphatic carbocycles. The standard InChI is InChI=1S/C19H28N2O4/c1-4-6-18(22)20-12-14-7-5-10-21(13-14)19(23)16-9-8-15(24-2)11-17(16)25-3/h8-9,11,14H,4-7,10,12-13H2,1-3H3,(H,20,22)/t14-/m1/s1. The molecule has 1 N–H and O–H groups in total. The lowest BCUT2D eigenvalue weighted by Gasteiger charge is -2.33. The first kappa shape index (κ1) is 19.1. The van der Waals surface area contributed by atoms with Gasteiger partial charge in [0.15, 0.2) is 0 Å². The Kier molecular flexibility index (Phi) is 7.10. The van der Waals surface area contributed by atoms with Crippen LogP contribution in [-0.4, -0.2) is 50.6 Å². The van der Waals surface area contributed by atoms with Crippen molar-refractivity contribution in [1.82, 2.24) is 10.2 Å². The van der Waals surface area contributed by atoms with E-state index in [0.29, 0.717) is 42.5 Å². The molecule has 1 aliphatic heterocycles. The van der Waals surface area contributed by atoms with Crippen LogP contribution in [0.3, 0.4) is 0 Å². The van der Waals surface area contributed by atoms with Gasteiger partial charge in [-0.05, 0) is 37.3 Å². The fourth-order valence-electron chi connectivity index (χ4n) is 3.14. The number of hydrogen-bond donors (Lipinski definition) is 1. The van der Waals surface area contributed by atoms with E-state index in [2.05, 4.69) is 5.32 Å². The monoisotopic (exact) mass is 348 g/mol. The van der Waals surface area contributed by atoms with Gasteiger partial charge in [0.05, 0.1) is 19.8 Å². The molecule has 1 aliphatic rings. The minimum absolute atomic E-state index is 0.0379. The van der Waals surface area contributed by atoms with Crippen molar-refractivity contribution in [3.05, 3.63) is 23.8 Å². The van der Waals surface area contributed by atoms with E-state index < -0.39 is 0 Å². The zero-order valence-electron chi connectivity index (χ0n) is 15.3. The molecular formula is C19H28N2O4. The predicted octanol–water partition coefficient (Wildman–Crippen LogP) is 2.47. The second-order valence-electron chi connectivity index (χ2n) is 6.38. The number of carbonyl (C=O) groups is 2. The highest BCUT2D eigenvalue weighted by Crippen LogP contribution is 2.27. The Balaban J connectivity index is 2.00. The van der Waals surface area contributed by atoms with E-state index in [0.717, 1.165) is 25.8 Å². The van der Waals surface area contributed by atoms with E-state index in [1.165, 1.54) is 0 Å². The third kappa shape index (κ3) is 5.11. The zero-order valence-corrected chi connectivity index (χ0v) is 15.3. The molecule has 2 rings (SSSR count). The fraction of sp³-hybridized carbons (Fsp3) is 0.579. The maximum atomic E-state index is 12.9. The molecule has 1 saturated heterocycles. The Hall–Kier alpha value is -2.24. The average Bonchev–Trinajstić information content (AvgIpc) is 2.65. The highest BCUT2D eigenvalue weighted by atomic mass is 16.5. The van der Waals surface area contributed by atoms with Crippen LogP contribution in [0, 0.1) is 5.92 Å². The highest BCUT2D eigenvalue weighted by molar-refractivity contribution is 5.97. The minimum Gasteiger partial charge on any atom is -0.497 e. The minimum atomic E-state index is -0.0379. The summed E-state index contributed by atoms with van der Waals surface area (Å²) in [5.41, 5.74) is 0.541. The number of nitrogens with zero attached hydrogens (tertiary/aromatic N) is 1. The van der Waals surface area contributed by atoms with E-state index in [9.17, 15) is 9.59 Å². The Bertz CT molecular complexity index is 603. The molecule has 6 heteroatoms. The lowest BCUT2D eigenvalue weighted by molar-refractivity contribution is -0.121. The second-order valence-corrected chi connectivity index (χ2v) is 6.38. The first-order valence-corrected chi connectivity index (χ1v) is 8.87. The average molecular weight is 348 g/mol. The molecule has 0 spiro atoms. The van der Waals surface area contributed by atoms with E-state index in [1.54, 1.807) is 32.4 Å². The molecule has 0 bridgehead atoms. The van der Waals surface area contributed by atoms with Gasteiger partial charge < -0.3 is 19.7 Å². The Morgan fingerprint density at radius 2 is 2.08 bits per heavy atom. The summed E-state index contributed by atoms with van der Waals surface area (Å²) in [4.78, 5) is 26.4. The highest BCUT2D eigenvalue weighted by Gasteiger charge is 2.26. The van der Waals surface area contributed by atoms with Gasteiger partial charge in [-0.3, -0.25) is 9.59 Å². The number of rotatable bonds is 7. The topological polar surface area (TPSA) is 67.9 Å². The van der Waals surface area contributed by atoms with E-state index in [1.807, 2.05) is 11.8 Å². The molecular weight excluding hydrogens is 320 g/mol. The van der Waals surface area contributed by atoms with Crippen LogP contribution in [0.1, 0.15) is 43.0 Å². The predicted molar refractivity (Wildman–Crippen MR) is 96.1 cm³/mol. The van der Waals surface area contributed by atoms with E-state index in [4.69, 9.17) is 9.47 Å². The quantitative estimate of drug-likeness (QED) is 0.822. The normalized spacial score (nSPS) is 17.1. The van der Waals surface area contributed by atoms with Crippen LogP contribution in [0.25, 0.3) is 0 Å². The number of piperidine rings is 1. The van der Waals surface area contributed by atoms with Crippen LogP contribution in [0.15, 0.2) is 18.2 Å². The van der Waals surface area contributed by atoms with Crippen molar-refractivity contribution >= 4 is 11.8 Å². The van der Waals surface area contributed by atoms with Crippen LogP contribution in [0.2, 0.25) is 0 Å². The van der Waals surface area contributed by atoms with Crippen molar-refractivity contribution in [2.45, 2.75) is 32.6 Å². The maximum Gasteiger partial charge on any atom is 0.257 e. The van der Waals surface area contributed by atoms with Crippen molar-refractivity contribution in [2.24, 2.45) is 5.92 Å². The number of methoxy groups -OCH3 is 2. The molecule has 25 heavy (non-hydrogen) atoms. The lowest BCUT2D eigenvalue weighted by atomic mass is 9.97. The number of hydrogen-bond acceptors (Lipinski definition) is 4. The lowest BCUT2D eigenvalue weighted by Crippen LogP contribution is -2.43. The Morgan fingerprint density at radius 3 is 2.76 bits per heavy atom. The van der Waals surface area contributed by atoms with Gasteiger partial charge in [-0.25, -0.2) is 0 Å². The summed E-state index contributed by atoms with van der Waals surface area (Å²) in [6.07, 6.45) is 3.37. The largest absolute Gasteiger partial charge is 0.497 e. The molecule has 0 saturated carbocycles. The van der Waals surface area contributed by atoms with Gasteiger partial charge in [-0.15, -0.1) is 0 Å².